The van der Waals surface area contributed by atoms with E-state index in [0.29, 0.717) is 11.8 Å². The molecule has 1 rings (SSSR count). The molecule has 1 saturated carbocycles. The van der Waals surface area contributed by atoms with Gasteiger partial charge in [-0.15, -0.1) is 0 Å². The topological polar surface area (TPSA) is 83.5 Å². The summed E-state index contributed by atoms with van der Waals surface area (Å²) in [7, 11) is -3.45. The third-order valence-electron chi connectivity index (χ3n) is 3.53. The highest BCUT2D eigenvalue weighted by Gasteiger charge is 2.27. The highest BCUT2D eigenvalue weighted by molar-refractivity contribution is 7.89. The first-order chi connectivity index (χ1) is 7.80. The standard InChI is InChI=1S/C11H21NO4S/c1-8-3-4-10(7-9(8)2)12-17(15,16)6-5-11(13)14/h8-10,12H,3-7H2,1-2H3,(H,13,14). The number of carboxylic acids is 1. The Bertz CT molecular complexity index is 366. The van der Waals surface area contributed by atoms with Crippen LogP contribution in [0.15, 0.2) is 0 Å². The van der Waals surface area contributed by atoms with Crippen LogP contribution in [0, 0.1) is 11.8 Å². The van der Waals surface area contributed by atoms with Crippen molar-refractivity contribution in [2.75, 3.05) is 5.75 Å². The molecule has 0 aliphatic heterocycles. The van der Waals surface area contributed by atoms with Gasteiger partial charge in [-0.2, -0.15) is 0 Å². The first-order valence-corrected chi connectivity index (χ1v) is 7.67. The molecule has 2 N–H and O–H groups in total. The van der Waals surface area contributed by atoms with E-state index in [4.69, 9.17) is 5.11 Å². The summed E-state index contributed by atoms with van der Waals surface area (Å²) in [5.74, 6) is -0.269. The predicted octanol–water partition coefficient (Wildman–Crippen LogP) is 1.21. The van der Waals surface area contributed by atoms with Crippen molar-refractivity contribution in [2.45, 2.75) is 45.6 Å². The van der Waals surface area contributed by atoms with Crippen LogP contribution < -0.4 is 4.72 Å². The number of nitrogens with one attached hydrogen (secondary N) is 1. The molecule has 17 heavy (non-hydrogen) atoms. The Balaban J connectivity index is 2.45. The zero-order valence-electron chi connectivity index (χ0n) is 10.3. The third-order valence-corrected chi connectivity index (χ3v) is 4.96. The van der Waals surface area contributed by atoms with Gasteiger partial charge in [0, 0.05) is 6.04 Å². The largest absolute Gasteiger partial charge is 0.481 e. The molecule has 3 atom stereocenters. The number of aliphatic carboxylic acids is 1. The fourth-order valence-corrected chi connectivity index (χ4v) is 3.47. The number of sulfonamides is 1. The van der Waals surface area contributed by atoms with E-state index < -0.39 is 16.0 Å². The Kier molecular flexibility index (Phi) is 4.94. The second-order valence-corrected chi connectivity index (χ2v) is 6.92. The lowest BCUT2D eigenvalue weighted by Crippen LogP contribution is -2.41. The number of carboxylic acid groups (broad SMARTS) is 1. The molecule has 5 nitrogen and oxygen atoms in total. The summed E-state index contributed by atoms with van der Waals surface area (Å²) in [6.07, 6.45) is 2.37. The fraction of sp³-hybridized carbons (Fsp3) is 0.909. The van der Waals surface area contributed by atoms with Crippen LogP contribution in [0.2, 0.25) is 0 Å². The molecule has 0 heterocycles. The highest BCUT2D eigenvalue weighted by Crippen LogP contribution is 2.29. The van der Waals surface area contributed by atoms with Gasteiger partial charge < -0.3 is 5.11 Å². The second kappa shape index (κ2) is 5.82. The zero-order chi connectivity index (χ0) is 13.1. The van der Waals surface area contributed by atoms with E-state index in [9.17, 15) is 13.2 Å². The lowest BCUT2D eigenvalue weighted by atomic mass is 9.79. The van der Waals surface area contributed by atoms with Crippen molar-refractivity contribution in [2.24, 2.45) is 11.8 Å². The molecule has 1 fully saturated rings. The molecular formula is C11H21NO4S. The number of hydrogen-bond acceptors (Lipinski definition) is 3. The Labute approximate surface area is 103 Å². The van der Waals surface area contributed by atoms with Gasteiger partial charge in [0.05, 0.1) is 12.2 Å². The molecule has 100 valence electrons. The quantitative estimate of drug-likeness (QED) is 0.781. The van der Waals surface area contributed by atoms with Crippen molar-refractivity contribution >= 4 is 16.0 Å². The molecule has 0 aromatic rings. The third kappa shape index (κ3) is 5.04. The van der Waals surface area contributed by atoms with Gasteiger partial charge in [-0.25, -0.2) is 13.1 Å². The van der Waals surface area contributed by atoms with Crippen LogP contribution in [-0.2, 0) is 14.8 Å². The summed E-state index contributed by atoms with van der Waals surface area (Å²) in [6, 6.07) is -0.0278. The zero-order valence-corrected chi connectivity index (χ0v) is 11.2. The number of hydrogen-bond donors (Lipinski definition) is 2. The first kappa shape index (κ1) is 14.4. The maximum absolute atomic E-state index is 11.6. The Morgan fingerprint density at radius 3 is 2.47 bits per heavy atom. The molecule has 0 amide bonds. The van der Waals surface area contributed by atoms with Crippen LogP contribution in [0.25, 0.3) is 0 Å². The van der Waals surface area contributed by atoms with Gasteiger partial charge in [-0.3, -0.25) is 4.79 Å². The molecule has 0 spiro atoms. The summed E-state index contributed by atoms with van der Waals surface area (Å²) in [5, 5.41) is 8.47. The molecular weight excluding hydrogens is 242 g/mol. The maximum atomic E-state index is 11.6. The van der Waals surface area contributed by atoms with Crippen LogP contribution in [0.4, 0.5) is 0 Å². The molecule has 0 radical (unpaired) electrons. The van der Waals surface area contributed by atoms with E-state index in [1.165, 1.54) is 0 Å². The lowest BCUT2D eigenvalue weighted by Gasteiger charge is -2.32. The van der Waals surface area contributed by atoms with E-state index >= 15 is 0 Å². The molecule has 0 aromatic carbocycles. The number of carbonyl (C=O) groups is 1. The minimum absolute atomic E-state index is 0.0278. The molecule has 0 bridgehead atoms. The Morgan fingerprint density at radius 2 is 1.94 bits per heavy atom. The second-order valence-electron chi connectivity index (χ2n) is 5.05. The van der Waals surface area contributed by atoms with Gasteiger partial charge in [0.2, 0.25) is 10.0 Å². The molecule has 1 aliphatic rings. The fourth-order valence-electron chi connectivity index (χ4n) is 2.19. The van der Waals surface area contributed by atoms with Crippen molar-refractivity contribution in [1.82, 2.24) is 4.72 Å². The summed E-state index contributed by atoms with van der Waals surface area (Å²) < 4.78 is 25.8. The van der Waals surface area contributed by atoms with E-state index in [1.807, 2.05) is 0 Å². The van der Waals surface area contributed by atoms with Crippen LogP contribution >= 0.6 is 0 Å². The maximum Gasteiger partial charge on any atom is 0.304 e. The van der Waals surface area contributed by atoms with E-state index in [0.717, 1.165) is 19.3 Å². The average Bonchev–Trinajstić information content (AvgIpc) is 2.21. The number of rotatable bonds is 5. The molecule has 1 aliphatic carbocycles. The van der Waals surface area contributed by atoms with Gasteiger partial charge in [-0.1, -0.05) is 13.8 Å². The first-order valence-electron chi connectivity index (χ1n) is 6.02. The van der Waals surface area contributed by atoms with Crippen LogP contribution in [0.5, 0.6) is 0 Å². The van der Waals surface area contributed by atoms with Gasteiger partial charge in [0.25, 0.3) is 0 Å². The summed E-state index contributed by atoms with van der Waals surface area (Å²) in [6.45, 7) is 4.31. The lowest BCUT2D eigenvalue weighted by molar-refractivity contribution is -0.136. The van der Waals surface area contributed by atoms with Crippen molar-refractivity contribution in [3.8, 4) is 0 Å². The van der Waals surface area contributed by atoms with Gasteiger partial charge >= 0.3 is 5.97 Å². The molecule has 3 unspecified atom stereocenters. The van der Waals surface area contributed by atoms with Crippen LogP contribution in [0.3, 0.4) is 0 Å². The van der Waals surface area contributed by atoms with Crippen molar-refractivity contribution < 1.29 is 18.3 Å². The SMILES string of the molecule is CC1CCC(NS(=O)(=O)CCC(=O)O)CC1C. The summed E-state index contributed by atoms with van der Waals surface area (Å²) >= 11 is 0. The molecule has 6 heteroatoms. The van der Waals surface area contributed by atoms with Crippen molar-refractivity contribution in [3.63, 3.8) is 0 Å². The smallest absolute Gasteiger partial charge is 0.304 e. The summed E-state index contributed by atoms with van der Waals surface area (Å²) in [5.41, 5.74) is 0. The minimum atomic E-state index is -3.45. The Hall–Kier alpha value is -0.620. The van der Waals surface area contributed by atoms with Crippen LogP contribution in [-0.4, -0.2) is 31.3 Å². The van der Waals surface area contributed by atoms with Crippen molar-refractivity contribution in [1.29, 1.82) is 0 Å². The van der Waals surface area contributed by atoms with E-state index in [1.54, 1.807) is 0 Å². The van der Waals surface area contributed by atoms with E-state index in [2.05, 4.69) is 18.6 Å². The van der Waals surface area contributed by atoms with Crippen LogP contribution in [0.1, 0.15) is 39.5 Å². The van der Waals surface area contributed by atoms with Gasteiger partial charge in [-0.05, 0) is 31.1 Å². The Morgan fingerprint density at radius 1 is 1.29 bits per heavy atom. The monoisotopic (exact) mass is 263 g/mol. The molecule has 0 saturated heterocycles. The normalized spacial score (nSPS) is 30.1. The predicted molar refractivity (Wildman–Crippen MR) is 65.1 cm³/mol. The van der Waals surface area contributed by atoms with Crippen molar-refractivity contribution in [3.05, 3.63) is 0 Å². The molecule has 0 aromatic heterocycles. The minimum Gasteiger partial charge on any atom is -0.481 e. The highest BCUT2D eigenvalue weighted by atomic mass is 32.2. The summed E-state index contributed by atoms with van der Waals surface area (Å²) in [4.78, 5) is 10.3. The van der Waals surface area contributed by atoms with Gasteiger partial charge in [0.1, 0.15) is 0 Å². The van der Waals surface area contributed by atoms with Gasteiger partial charge in [0.15, 0.2) is 0 Å². The van der Waals surface area contributed by atoms with E-state index in [-0.39, 0.29) is 18.2 Å². The average molecular weight is 263 g/mol.